The number of rotatable bonds is 5. The Hall–Kier alpha value is -3.84. The Morgan fingerprint density at radius 1 is 1.00 bits per heavy atom. The highest BCUT2D eigenvalue weighted by atomic mass is 16.5. The zero-order chi connectivity index (χ0) is 23.1. The van der Waals surface area contributed by atoms with Crippen molar-refractivity contribution in [1.82, 2.24) is 4.90 Å². The lowest BCUT2D eigenvalue weighted by molar-refractivity contribution is -0.134. The normalized spacial score (nSPS) is 13.8. The molecular formula is C25H25NO6. The Morgan fingerprint density at radius 2 is 1.66 bits per heavy atom. The predicted molar refractivity (Wildman–Crippen MR) is 122 cm³/mol. The predicted octanol–water partition coefficient (Wildman–Crippen LogP) is 4.42. The van der Waals surface area contributed by atoms with Crippen LogP contribution in [-0.4, -0.2) is 47.7 Å². The summed E-state index contributed by atoms with van der Waals surface area (Å²) < 4.78 is 12.3. The molecule has 1 aliphatic rings. The molecule has 0 fully saturated rings. The van der Waals surface area contributed by atoms with Crippen LogP contribution in [-0.2, 0) is 16.2 Å². The van der Waals surface area contributed by atoms with Crippen LogP contribution >= 0.6 is 0 Å². The summed E-state index contributed by atoms with van der Waals surface area (Å²) in [7, 11) is 4.19. The highest BCUT2D eigenvalue weighted by molar-refractivity contribution is 5.92. The number of carboxylic acids is 2. The molecule has 166 valence electrons. The summed E-state index contributed by atoms with van der Waals surface area (Å²) in [6.07, 6.45) is 4.35. The van der Waals surface area contributed by atoms with Gasteiger partial charge in [-0.25, -0.2) is 9.59 Å². The molecule has 2 N–H and O–H groups in total. The number of aliphatic carboxylic acids is 2. The molecule has 0 amide bonds. The number of fused-ring (bicyclic) bond motifs is 4. The third kappa shape index (κ3) is 5.65. The van der Waals surface area contributed by atoms with Gasteiger partial charge >= 0.3 is 11.9 Å². The quantitative estimate of drug-likeness (QED) is 0.572. The summed E-state index contributed by atoms with van der Waals surface area (Å²) in [5, 5.41) is 16.8. The maximum atomic E-state index is 9.55. The number of nitrogens with zero attached hydrogens (tertiary/aromatic N) is 1. The molecule has 7 nitrogen and oxygen atoms in total. The summed E-state index contributed by atoms with van der Waals surface area (Å²) in [5.41, 5.74) is 4.30. The van der Waals surface area contributed by atoms with Gasteiger partial charge in [-0.15, -0.1) is 0 Å². The van der Waals surface area contributed by atoms with Gasteiger partial charge < -0.3 is 24.3 Å². The van der Waals surface area contributed by atoms with Crippen molar-refractivity contribution in [1.29, 1.82) is 0 Å². The standard InChI is InChI=1S/C21H21NO2.C4H4O4/c1-22(2)13-7-10-17-15-8-3-5-11-19(15)23-14-18-16-9-4-6-12-20(16)24-21(17)18;5-3(6)1-2-4(7)8/h3-6,8-12H,7,13-14H2,1-2H3;1-2H,(H,5,6)(H,7,8). The fourth-order valence-electron chi connectivity index (χ4n) is 3.36. The van der Waals surface area contributed by atoms with Gasteiger partial charge in [-0.2, -0.15) is 0 Å². The van der Waals surface area contributed by atoms with E-state index in [1.807, 2.05) is 30.3 Å². The van der Waals surface area contributed by atoms with E-state index in [-0.39, 0.29) is 0 Å². The van der Waals surface area contributed by atoms with Crippen LogP contribution in [0.4, 0.5) is 0 Å². The number of hydrogen-bond donors (Lipinski definition) is 2. The highest BCUT2D eigenvalue weighted by Gasteiger charge is 2.24. The van der Waals surface area contributed by atoms with Gasteiger partial charge in [-0.1, -0.05) is 42.5 Å². The average Bonchev–Trinajstić information content (AvgIpc) is 3.05. The molecule has 0 unspecified atom stereocenters. The Bertz CT molecular complexity index is 1160. The Balaban J connectivity index is 0.000000312. The van der Waals surface area contributed by atoms with Crippen molar-refractivity contribution in [3.63, 3.8) is 0 Å². The van der Waals surface area contributed by atoms with Gasteiger partial charge in [-0.05, 0) is 32.6 Å². The SMILES string of the molecule is CN(C)CCC=C1c2ccccc2OCc2c1oc1ccccc21.O=C(O)C=CC(=O)O. The van der Waals surface area contributed by atoms with Crippen LogP contribution in [0.25, 0.3) is 16.5 Å². The van der Waals surface area contributed by atoms with Crippen molar-refractivity contribution < 1.29 is 29.0 Å². The molecule has 2 heterocycles. The lowest BCUT2D eigenvalue weighted by Gasteiger charge is -2.10. The van der Waals surface area contributed by atoms with Gasteiger partial charge in [0.2, 0.25) is 0 Å². The van der Waals surface area contributed by atoms with Crippen LogP contribution in [0.2, 0.25) is 0 Å². The van der Waals surface area contributed by atoms with Crippen LogP contribution < -0.4 is 4.74 Å². The van der Waals surface area contributed by atoms with E-state index in [9.17, 15) is 9.59 Å². The number of hydrogen-bond acceptors (Lipinski definition) is 5. The molecule has 0 spiro atoms. The van der Waals surface area contributed by atoms with Crippen LogP contribution in [0.5, 0.6) is 5.75 Å². The summed E-state index contributed by atoms with van der Waals surface area (Å²) in [6, 6.07) is 16.4. The summed E-state index contributed by atoms with van der Waals surface area (Å²) >= 11 is 0. The first-order valence-electron chi connectivity index (χ1n) is 10.1. The lowest BCUT2D eigenvalue weighted by atomic mass is 9.99. The number of ether oxygens (including phenoxy) is 1. The van der Waals surface area contributed by atoms with Gasteiger partial charge in [0.05, 0.1) is 0 Å². The van der Waals surface area contributed by atoms with Gasteiger partial charge in [-0.3, -0.25) is 0 Å². The second kappa shape index (κ2) is 10.5. The topological polar surface area (TPSA) is 100 Å². The molecule has 4 rings (SSSR count). The zero-order valence-electron chi connectivity index (χ0n) is 17.9. The van der Waals surface area contributed by atoms with Crippen LogP contribution in [0.3, 0.4) is 0 Å². The van der Waals surface area contributed by atoms with E-state index in [0.29, 0.717) is 18.8 Å². The molecule has 0 bridgehead atoms. The van der Waals surface area contributed by atoms with E-state index in [4.69, 9.17) is 19.4 Å². The van der Waals surface area contributed by atoms with E-state index in [1.54, 1.807) is 0 Å². The second-order valence-electron chi connectivity index (χ2n) is 7.41. The fraction of sp³-hybridized carbons (Fsp3) is 0.200. The van der Waals surface area contributed by atoms with E-state index in [0.717, 1.165) is 52.1 Å². The largest absolute Gasteiger partial charge is 0.488 e. The molecule has 0 saturated heterocycles. The molecule has 0 aliphatic carbocycles. The number of carbonyl (C=O) groups is 2. The molecule has 0 radical (unpaired) electrons. The summed E-state index contributed by atoms with van der Waals surface area (Å²) in [4.78, 5) is 21.3. The summed E-state index contributed by atoms with van der Waals surface area (Å²) in [6.45, 7) is 1.54. The van der Waals surface area contributed by atoms with E-state index in [2.05, 4.69) is 43.3 Å². The second-order valence-corrected chi connectivity index (χ2v) is 7.41. The molecule has 0 saturated carbocycles. The van der Waals surface area contributed by atoms with Crippen molar-refractivity contribution in [2.45, 2.75) is 13.0 Å². The lowest BCUT2D eigenvalue weighted by Crippen LogP contribution is -2.12. The van der Waals surface area contributed by atoms with Crippen LogP contribution in [0.1, 0.15) is 23.3 Å². The fourth-order valence-corrected chi connectivity index (χ4v) is 3.36. The minimum absolute atomic E-state index is 0.536. The maximum Gasteiger partial charge on any atom is 0.328 e. The number of benzene rings is 2. The molecule has 7 heteroatoms. The molecule has 32 heavy (non-hydrogen) atoms. The average molecular weight is 435 g/mol. The molecule has 2 aromatic carbocycles. The Morgan fingerprint density at radius 3 is 2.34 bits per heavy atom. The van der Waals surface area contributed by atoms with E-state index < -0.39 is 11.9 Å². The smallest absolute Gasteiger partial charge is 0.328 e. The van der Waals surface area contributed by atoms with Crippen LogP contribution in [0, 0.1) is 0 Å². The van der Waals surface area contributed by atoms with Crippen LogP contribution in [0.15, 0.2) is 71.2 Å². The molecule has 3 aromatic rings. The monoisotopic (exact) mass is 435 g/mol. The third-order valence-electron chi connectivity index (χ3n) is 4.79. The number of carboxylic acid groups (broad SMARTS) is 2. The highest BCUT2D eigenvalue weighted by Crippen LogP contribution is 2.40. The van der Waals surface area contributed by atoms with Gasteiger partial charge in [0.1, 0.15) is 23.7 Å². The third-order valence-corrected chi connectivity index (χ3v) is 4.79. The molecule has 1 aliphatic heterocycles. The number of furan rings is 1. The van der Waals surface area contributed by atoms with Crippen molar-refractivity contribution in [3.8, 4) is 5.75 Å². The van der Waals surface area contributed by atoms with Crippen molar-refractivity contribution in [2.24, 2.45) is 0 Å². The molecule has 1 aromatic heterocycles. The van der Waals surface area contributed by atoms with Gasteiger partial charge in [0.25, 0.3) is 0 Å². The first-order chi connectivity index (χ1) is 15.4. The maximum absolute atomic E-state index is 9.55. The van der Waals surface area contributed by atoms with Gasteiger partial charge in [0.15, 0.2) is 0 Å². The first kappa shape index (κ1) is 22.8. The Labute approximate surface area is 185 Å². The van der Waals surface area contributed by atoms with Crippen molar-refractivity contribution in [3.05, 3.63) is 83.6 Å². The van der Waals surface area contributed by atoms with Crippen molar-refractivity contribution in [2.75, 3.05) is 20.6 Å². The van der Waals surface area contributed by atoms with Gasteiger partial charge in [0, 0.05) is 40.8 Å². The minimum Gasteiger partial charge on any atom is -0.488 e. The van der Waals surface area contributed by atoms with Crippen molar-refractivity contribution >= 4 is 28.5 Å². The summed E-state index contributed by atoms with van der Waals surface area (Å²) in [5.74, 6) is -0.649. The zero-order valence-corrected chi connectivity index (χ0v) is 17.9. The molecule has 0 atom stereocenters. The minimum atomic E-state index is -1.26. The first-order valence-corrected chi connectivity index (χ1v) is 10.1. The molecular weight excluding hydrogens is 410 g/mol. The van der Waals surface area contributed by atoms with E-state index in [1.165, 1.54) is 0 Å². The Kier molecular flexibility index (Phi) is 7.46. The van der Waals surface area contributed by atoms with E-state index >= 15 is 0 Å². The number of para-hydroxylation sites is 2.